The summed E-state index contributed by atoms with van der Waals surface area (Å²) >= 11 is 11.3. The number of nitrogens with two attached hydrogens (primary N) is 1. The van der Waals surface area contributed by atoms with Crippen molar-refractivity contribution in [2.45, 2.75) is 17.3 Å². The molecule has 2 aromatic heterocycles. The summed E-state index contributed by atoms with van der Waals surface area (Å²) in [5.74, 6) is -0.0627. The van der Waals surface area contributed by atoms with Gasteiger partial charge in [-0.05, 0) is 24.8 Å². The van der Waals surface area contributed by atoms with Crippen molar-refractivity contribution in [2.75, 3.05) is 5.73 Å². The molecule has 20 heavy (non-hydrogen) atoms. The Bertz CT molecular complexity index is 657. The molecule has 0 spiro atoms. The van der Waals surface area contributed by atoms with Crippen molar-refractivity contribution in [3.05, 3.63) is 28.0 Å². The molecule has 0 atom stereocenters. The second-order valence-electron chi connectivity index (χ2n) is 3.72. The summed E-state index contributed by atoms with van der Waals surface area (Å²) in [5, 5.41) is 4.37. The minimum atomic E-state index is -4.45. The van der Waals surface area contributed by atoms with E-state index >= 15 is 0 Å². The van der Waals surface area contributed by atoms with Crippen LogP contribution in [0.4, 0.5) is 19.0 Å². The molecule has 108 valence electrons. The minimum absolute atomic E-state index is 0.116. The van der Waals surface area contributed by atoms with Crippen molar-refractivity contribution in [3.63, 3.8) is 0 Å². The van der Waals surface area contributed by atoms with E-state index in [2.05, 4.69) is 10.1 Å². The lowest BCUT2D eigenvalue weighted by molar-refractivity contribution is -0.0328. The number of aryl methyl sites for hydroxylation is 1. The Balaban J connectivity index is 2.51. The first-order chi connectivity index (χ1) is 9.19. The fraction of sp³-hybridized carbons (Fsp3) is 0.200. The number of nitrogens with zero attached hydrogens (tertiary/aromatic N) is 3. The Morgan fingerprint density at radius 3 is 2.55 bits per heavy atom. The van der Waals surface area contributed by atoms with Crippen LogP contribution in [0.5, 0.6) is 0 Å². The number of pyridine rings is 1. The largest absolute Gasteiger partial charge is 0.446 e. The summed E-state index contributed by atoms with van der Waals surface area (Å²) in [5.41, 5.74) is 1.38. The molecule has 0 aliphatic carbocycles. The quantitative estimate of drug-likeness (QED) is 0.835. The molecule has 0 unspecified atom stereocenters. The Morgan fingerprint density at radius 1 is 1.35 bits per heavy atom. The maximum atomic E-state index is 12.5. The molecular formula is C10H7Cl2F3N4S. The topological polar surface area (TPSA) is 56.7 Å². The molecule has 10 heteroatoms. The Kier molecular flexibility index (Phi) is 4.08. The van der Waals surface area contributed by atoms with Gasteiger partial charge in [-0.25, -0.2) is 4.98 Å². The van der Waals surface area contributed by atoms with Gasteiger partial charge < -0.3 is 5.73 Å². The molecule has 0 aromatic carbocycles. The molecular weight excluding hydrogens is 336 g/mol. The van der Waals surface area contributed by atoms with E-state index in [1.165, 1.54) is 19.2 Å². The maximum absolute atomic E-state index is 12.5. The minimum Gasteiger partial charge on any atom is -0.383 e. The summed E-state index contributed by atoms with van der Waals surface area (Å²) in [7, 11) is 0. The summed E-state index contributed by atoms with van der Waals surface area (Å²) in [6.07, 6.45) is 1.30. The van der Waals surface area contributed by atoms with Crippen molar-refractivity contribution < 1.29 is 13.2 Å². The highest BCUT2D eigenvalue weighted by Crippen LogP contribution is 2.42. The van der Waals surface area contributed by atoms with E-state index in [0.29, 0.717) is 5.02 Å². The van der Waals surface area contributed by atoms with Crippen LogP contribution in [0.3, 0.4) is 0 Å². The zero-order chi connectivity index (χ0) is 15.1. The Labute approximate surface area is 126 Å². The SMILES string of the molecule is Cc1nn(-c2ncc(Cl)cc2Cl)c(N)c1SC(F)(F)F. The number of aromatic nitrogens is 3. The molecule has 0 aliphatic heterocycles. The standard InChI is InChI=1S/C10H7Cl2F3N4S/c1-4-7(20-10(13,14)15)8(16)19(18-4)9-6(12)2-5(11)3-17-9/h2-3H,16H2,1H3. The van der Waals surface area contributed by atoms with Gasteiger partial charge >= 0.3 is 5.51 Å². The van der Waals surface area contributed by atoms with Crippen molar-refractivity contribution in [3.8, 4) is 5.82 Å². The average Bonchev–Trinajstić information content (AvgIpc) is 2.55. The van der Waals surface area contributed by atoms with Gasteiger partial charge in [0.15, 0.2) is 5.82 Å². The highest BCUT2D eigenvalue weighted by molar-refractivity contribution is 8.00. The van der Waals surface area contributed by atoms with Crippen LogP contribution in [-0.4, -0.2) is 20.3 Å². The number of thioether (sulfide) groups is 1. The highest BCUT2D eigenvalue weighted by Gasteiger charge is 2.33. The van der Waals surface area contributed by atoms with Crippen LogP contribution < -0.4 is 5.73 Å². The van der Waals surface area contributed by atoms with E-state index in [0.717, 1.165) is 4.68 Å². The number of anilines is 1. The third-order valence-electron chi connectivity index (χ3n) is 2.25. The van der Waals surface area contributed by atoms with Crippen LogP contribution in [0.25, 0.3) is 5.82 Å². The molecule has 0 bridgehead atoms. The fourth-order valence-electron chi connectivity index (χ4n) is 1.50. The Morgan fingerprint density at radius 2 is 2.00 bits per heavy atom. The summed E-state index contributed by atoms with van der Waals surface area (Å²) in [6, 6.07) is 1.40. The van der Waals surface area contributed by atoms with Gasteiger partial charge in [0.1, 0.15) is 5.82 Å². The van der Waals surface area contributed by atoms with Crippen LogP contribution in [-0.2, 0) is 0 Å². The first-order valence-electron chi connectivity index (χ1n) is 5.11. The Hall–Kier alpha value is -1.12. The van der Waals surface area contributed by atoms with Crippen LogP contribution in [0.1, 0.15) is 5.69 Å². The van der Waals surface area contributed by atoms with Crippen molar-refractivity contribution >= 4 is 40.8 Å². The van der Waals surface area contributed by atoms with Crippen LogP contribution >= 0.6 is 35.0 Å². The van der Waals surface area contributed by atoms with E-state index in [1.807, 2.05) is 0 Å². The third-order valence-corrected chi connectivity index (χ3v) is 3.67. The van der Waals surface area contributed by atoms with Crippen molar-refractivity contribution in [1.29, 1.82) is 0 Å². The predicted octanol–water partition coefficient (Wildman–Crippen LogP) is 4.08. The molecule has 0 saturated heterocycles. The van der Waals surface area contributed by atoms with Gasteiger partial charge in [0, 0.05) is 6.20 Å². The maximum Gasteiger partial charge on any atom is 0.446 e. The van der Waals surface area contributed by atoms with Gasteiger partial charge in [0.2, 0.25) is 0 Å². The van der Waals surface area contributed by atoms with Gasteiger partial charge in [-0.3, -0.25) is 0 Å². The molecule has 0 radical (unpaired) electrons. The number of nitrogen functional groups attached to an aromatic ring is 1. The molecule has 2 rings (SSSR count). The fourth-order valence-corrected chi connectivity index (χ4v) is 2.57. The monoisotopic (exact) mass is 342 g/mol. The lowest BCUT2D eigenvalue weighted by atomic mass is 10.4. The number of alkyl halides is 3. The number of rotatable bonds is 2. The highest BCUT2D eigenvalue weighted by atomic mass is 35.5. The lowest BCUT2D eigenvalue weighted by Gasteiger charge is -2.07. The summed E-state index contributed by atoms with van der Waals surface area (Å²) in [4.78, 5) is 3.75. The molecule has 0 amide bonds. The normalized spacial score (nSPS) is 11.9. The van der Waals surface area contributed by atoms with Gasteiger partial charge in [0.25, 0.3) is 0 Å². The van der Waals surface area contributed by atoms with Crippen molar-refractivity contribution in [2.24, 2.45) is 0 Å². The molecule has 0 fully saturated rings. The number of hydrogen-bond acceptors (Lipinski definition) is 4. The second-order valence-corrected chi connectivity index (χ2v) is 5.64. The van der Waals surface area contributed by atoms with Crippen LogP contribution in [0, 0.1) is 6.92 Å². The van der Waals surface area contributed by atoms with E-state index in [-0.39, 0.29) is 39.0 Å². The molecule has 2 N–H and O–H groups in total. The predicted molar refractivity (Wildman–Crippen MR) is 72.4 cm³/mol. The third kappa shape index (κ3) is 3.13. The molecule has 0 saturated carbocycles. The van der Waals surface area contributed by atoms with Crippen LogP contribution in [0.15, 0.2) is 17.2 Å². The first kappa shape index (κ1) is 15.3. The lowest BCUT2D eigenvalue weighted by Crippen LogP contribution is -2.06. The average molecular weight is 343 g/mol. The molecule has 2 heterocycles. The molecule has 2 aromatic rings. The van der Waals surface area contributed by atoms with Gasteiger partial charge in [-0.1, -0.05) is 23.2 Å². The summed E-state index contributed by atoms with van der Waals surface area (Å²) < 4.78 is 38.4. The smallest absolute Gasteiger partial charge is 0.383 e. The first-order valence-corrected chi connectivity index (χ1v) is 6.68. The van der Waals surface area contributed by atoms with E-state index < -0.39 is 5.51 Å². The zero-order valence-corrected chi connectivity index (χ0v) is 12.2. The van der Waals surface area contributed by atoms with Gasteiger partial charge in [-0.2, -0.15) is 23.0 Å². The van der Waals surface area contributed by atoms with Gasteiger partial charge in [0.05, 0.1) is 20.6 Å². The van der Waals surface area contributed by atoms with Gasteiger partial charge in [-0.15, -0.1) is 0 Å². The summed E-state index contributed by atoms with van der Waals surface area (Å²) in [6.45, 7) is 1.42. The van der Waals surface area contributed by atoms with E-state index in [9.17, 15) is 13.2 Å². The molecule has 4 nitrogen and oxygen atoms in total. The van der Waals surface area contributed by atoms with Crippen molar-refractivity contribution in [1.82, 2.24) is 14.8 Å². The zero-order valence-electron chi connectivity index (χ0n) is 9.87. The molecule has 0 aliphatic rings. The van der Waals surface area contributed by atoms with E-state index in [1.54, 1.807) is 0 Å². The number of halogens is 5. The van der Waals surface area contributed by atoms with Crippen LogP contribution in [0.2, 0.25) is 10.0 Å². The van der Waals surface area contributed by atoms with E-state index in [4.69, 9.17) is 28.9 Å². The second kappa shape index (κ2) is 5.34. The number of hydrogen-bond donors (Lipinski definition) is 1.